The Morgan fingerprint density at radius 1 is 1.23 bits per heavy atom. The molecule has 0 unspecified atom stereocenters. The lowest BCUT2D eigenvalue weighted by molar-refractivity contribution is 0.410. The van der Waals surface area contributed by atoms with E-state index in [0.29, 0.717) is 32.4 Å². The monoisotopic (exact) mass is 480 g/mol. The molecule has 0 atom stereocenters. The molecule has 4 rings (SSSR count). The Labute approximate surface area is 190 Å². The van der Waals surface area contributed by atoms with Crippen LogP contribution in [0.1, 0.15) is 24.1 Å². The summed E-state index contributed by atoms with van der Waals surface area (Å²) in [6, 6.07) is 11.5. The third-order valence-electron chi connectivity index (χ3n) is 5.47. The van der Waals surface area contributed by atoms with Gasteiger partial charge in [0.15, 0.2) is 15.0 Å². The number of halogens is 2. The molecule has 1 aromatic heterocycles. The summed E-state index contributed by atoms with van der Waals surface area (Å²) in [6.07, 6.45) is 1.65. The zero-order valence-electron chi connectivity index (χ0n) is 16.9. The summed E-state index contributed by atoms with van der Waals surface area (Å²) < 4.78 is 44.7. The van der Waals surface area contributed by atoms with E-state index in [0.717, 1.165) is 28.2 Å². The maximum atomic E-state index is 13.4. The summed E-state index contributed by atoms with van der Waals surface area (Å²) in [7, 11) is -1.90. The Morgan fingerprint density at radius 2 is 1.97 bits per heavy atom. The van der Waals surface area contributed by atoms with Crippen LogP contribution in [0.2, 0.25) is 5.02 Å². The standard InChI is InChI=1S/C22H22ClFN2O3S2/c1-29-21-5-3-2-4-15(21)12-16-14-30-22(25-16)26-10-8-17(9-11-26)31(27,28)18-6-7-20(24)19(23)13-18/h2-7,13-14,17H,8-12H2,1H3. The first-order chi connectivity index (χ1) is 14.9. The molecule has 2 heterocycles. The van der Waals surface area contributed by atoms with Crippen molar-refractivity contribution in [1.82, 2.24) is 4.98 Å². The quantitative estimate of drug-likeness (QED) is 0.466. The molecule has 9 heteroatoms. The fraction of sp³-hybridized carbons (Fsp3) is 0.318. The number of hydrogen-bond donors (Lipinski definition) is 0. The highest BCUT2D eigenvalue weighted by atomic mass is 35.5. The molecular weight excluding hydrogens is 459 g/mol. The molecule has 2 aromatic carbocycles. The molecule has 0 bridgehead atoms. The molecule has 0 spiro atoms. The SMILES string of the molecule is COc1ccccc1Cc1csc(N2CCC(S(=O)(=O)c3ccc(F)c(Cl)c3)CC2)n1. The van der Waals surface area contributed by atoms with Gasteiger partial charge in [0.2, 0.25) is 0 Å². The highest BCUT2D eigenvalue weighted by molar-refractivity contribution is 7.92. The molecule has 1 saturated heterocycles. The first-order valence-corrected chi connectivity index (χ1v) is 12.7. The van der Waals surface area contributed by atoms with Gasteiger partial charge in [0.1, 0.15) is 11.6 Å². The van der Waals surface area contributed by atoms with E-state index in [-0.39, 0.29) is 9.92 Å². The second-order valence-corrected chi connectivity index (χ2v) is 10.9. The maximum absolute atomic E-state index is 13.4. The van der Waals surface area contributed by atoms with Crippen molar-refractivity contribution in [2.45, 2.75) is 29.4 Å². The van der Waals surface area contributed by atoms with E-state index in [2.05, 4.69) is 4.90 Å². The molecule has 3 aromatic rings. The molecule has 0 amide bonds. The molecule has 0 saturated carbocycles. The Balaban J connectivity index is 1.42. The van der Waals surface area contributed by atoms with Crippen LogP contribution in [0.4, 0.5) is 9.52 Å². The number of rotatable bonds is 6. The summed E-state index contributed by atoms with van der Waals surface area (Å²) in [4.78, 5) is 6.95. The van der Waals surface area contributed by atoms with Gasteiger partial charge >= 0.3 is 0 Å². The third-order valence-corrected chi connectivity index (χ3v) is 8.97. The van der Waals surface area contributed by atoms with Gasteiger partial charge in [-0.25, -0.2) is 17.8 Å². The fourth-order valence-electron chi connectivity index (χ4n) is 3.77. The zero-order valence-corrected chi connectivity index (χ0v) is 19.3. The molecule has 0 N–H and O–H groups in total. The summed E-state index contributed by atoms with van der Waals surface area (Å²) in [5.41, 5.74) is 2.03. The van der Waals surface area contributed by atoms with Crippen LogP contribution in [0, 0.1) is 5.82 Å². The van der Waals surface area contributed by atoms with E-state index >= 15 is 0 Å². The van der Waals surface area contributed by atoms with Crippen molar-refractivity contribution in [2.24, 2.45) is 0 Å². The Kier molecular flexibility index (Phi) is 6.50. The van der Waals surface area contributed by atoms with E-state index in [4.69, 9.17) is 21.3 Å². The van der Waals surface area contributed by atoms with E-state index in [1.54, 1.807) is 18.4 Å². The Hall–Kier alpha value is -2.16. The van der Waals surface area contributed by atoms with Crippen molar-refractivity contribution < 1.29 is 17.5 Å². The number of aromatic nitrogens is 1. The second-order valence-electron chi connectivity index (χ2n) is 7.42. The lowest BCUT2D eigenvalue weighted by Gasteiger charge is -2.31. The molecular formula is C22H22ClFN2O3S2. The van der Waals surface area contributed by atoms with E-state index in [1.165, 1.54) is 12.1 Å². The van der Waals surface area contributed by atoms with Crippen LogP contribution in [0.3, 0.4) is 0 Å². The summed E-state index contributed by atoms with van der Waals surface area (Å²) in [6.45, 7) is 1.20. The Morgan fingerprint density at radius 3 is 2.68 bits per heavy atom. The van der Waals surface area contributed by atoms with E-state index in [1.807, 2.05) is 29.6 Å². The number of nitrogens with zero attached hydrogens (tertiary/aromatic N) is 2. The second kappa shape index (κ2) is 9.14. The van der Waals surface area contributed by atoms with Crippen LogP contribution >= 0.6 is 22.9 Å². The lowest BCUT2D eigenvalue weighted by atomic mass is 10.1. The molecule has 31 heavy (non-hydrogen) atoms. The Bertz CT molecular complexity index is 1180. The van der Waals surface area contributed by atoms with Crippen molar-refractivity contribution in [1.29, 1.82) is 0 Å². The number of sulfone groups is 1. The van der Waals surface area contributed by atoms with Crippen molar-refractivity contribution in [2.75, 3.05) is 25.1 Å². The number of para-hydroxylation sites is 1. The highest BCUT2D eigenvalue weighted by Gasteiger charge is 2.32. The number of ether oxygens (including phenoxy) is 1. The number of hydrogen-bond acceptors (Lipinski definition) is 6. The average molecular weight is 481 g/mol. The largest absolute Gasteiger partial charge is 0.496 e. The third kappa shape index (κ3) is 4.71. The molecule has 164 valence electrons. The van der Waals surface area contributed by atoms with Gasteiger partial charge in [-0.05, 0) is 37.1 Å². The zero-order chi connectivity index (χ0) is 22.0. The number of anilines is 1. The predicted octanol–water partition coefficient (Wildman–Crippen LogP) is 4.98. The van der Waals surface area contributed by atoms with Gasteiger partial charge in [0, 0.05) is 30.5 Å². The van der Waals surface area contributed by atoms with Gasteiger partial charge < -0.3 is 9.64 Å². The lowest BCUT2D eigenvalue weighted by Crippen LogP contribution is -2.39. The average Bonchev–Trinajstić information content (AvgIpc) is 3.24. The van der Waals surface area contributed by atoms with Crippen LogP contribution in [-0.4, -0.2) is 38.9 Å². The van der Waals surface area contributed by atoms with Crippen molar-refractivity contribution in [3.63, 3.8) is 0 Å². The molecule has 0 aliphatic carbocycles. The maximum Gasteiger partial charge on any atom is 0.185 e. The van der Waals surface area contributed by atoms with Gasteiger partial charge in [-0.1, -0.05) is 29.8 Å². The molecule has 1 aliphatic heterocycles. The molecule has 0 radical (unpaired) electrons. The van der Waals surface area contributed by atoms with Crippen molar-refractivity contribution in [3.05, 3.63) is 69.9 Å². The van der Waals surface area contributed by atoms with Crippen LogP contribution in [-0.2, 0) is 16.3 Å². The molecule has 1 fully saturated rings. The summed E-state index contributed by atoms with van der Waals surface area (Å²) in [5, 5.41) is 2.23. The van der Waals surface area contributed by atoms with Gasteiger partial charge in [-0.2, -0.15) is 0 Å². The van der Waals surface area contributed by atoms with Gasteiger partial charge in [-0.3, -0.25) is 0 Å². The van der Waals surface area contributed by atoms with E-state index < -0.39 is 20.9 Å². The van der Waals surface area contributed by atoms with Crippen LogP contribution in [0.5, 0.6) is 5.75 Å². The summed E-state index contributed by atoms with van der Waals surface area (Å²) >= 11 is 7.34. The number of thiazole rings is 1. The minimum atomic E-state index is -3.56. The first-order valence-electron chi connectivity index (χ1n) is 9.88. The van der Waals surface area contributed by atoms with Crippen LogP contribution in [0.15, 0.2) is 52.7 Å². The fourth-order valence-corrected chi connectivity index (χ4v) is 6.65. The topological polar surface area (TPSA) is 59.5 Å². The molecule has 1 aliphatic rings. The van der Waals surface area contributed by atoms with Gasteiger partial charge in [-0.15, -0.1) is 11.3 Å². The first kappa shape index (κ1) is 22.0. The van der Waals surface area contributed by atoms with Crippen molar-refractivity contribution in [3.8, 4) is 5.75 Å². The normalized spacial score (nSPS) is 15.3. The van der Waals surface area contributed by atoms with E-state index in [9.17, 15) is 12.8 Å². The van der Waals surface area contributed by atoms with Gasteiger partial charge in [0.05, 0.1) is 28.0 Å². The van der Waals surface area contributed by atoms with Crippen LogP contribution < -0.4 is 9.64 Å². The van der Waals surface area contributed by atoms with Crippen LogP contribution in [0.25, 0.3) is 0 Å². The highest BCUT2D eigenvalue weighted by Crippen LogP contribution is 2.31. The minimum Gasteiger partial charge on any atom is -0.496 e. The minimum absolute atomic E-state index is 0.0747. The van der Waals surface area contributed by atoms with Gasteiger partial charge in [0.25, 0.3) is 0 Å². The van der Waals surface area contributed by atoms with Crippen molar-refractivity contribution >= 4 is 37.9 Å². The number of piperidine rings is 1. The molecule has 5 nitrogen and oxygen atoms in total. The number of methoxy groups -OCH3 is 1. The summed E-state index contributed by atoms with van der Waals surface area (Å²) in [5.74, 6) is 0.215. The predicted molar refractivity (Wildman–Crippen MR) is 122 cm³/mol. The smallest absolute Gasteiger partial charge is 0.185 e. The number of benzene rings is 2.